The lowest BCUT2D eigenvalue weighted by atomic mass is 10.1. The number of allylic oxidation sites excluding steroid dienone is 1. The fraction of sp³-hybridized carbons (Fsp3) is 0.458. The average Bonchev–Trinajstić information content (AvgIpc) is 2.69. The molecule has 0 aliphatic carbocycles. The van der Waals surface area contributed by atoms with E-state index in [1.165, 1.54) is 24.6 Å². The second kappa shape index (κ2) is 12.3. The molecule has 2 rings (SSSR count). The molecular weight excluding hydrogens is 334 g/mol. The smallest absolute Gasteiger partial charge is 0.120 e. The summed E-state index contributed by atoms with van der Waals surface area (Å²) in [5.74, 6) is 0.846. The molecule has 0 radical (unpaired) electrons. The molecule has 0 N–H and O–H groups in total. The Hall–Kier alpha value is -2.13. The summed E-state index contributed by atoms with van der Waals surface area (Å²) in [5, 5.41) is 2.26. The molecule has 3 heteroatoms. The van der Waals surface area contributed by atoms with Crippen LogP contribution in [0.5, 0.6) is 5.75 Å². The number of fused-ring (bicyclic) bond motifs is 1. The summed E-state index contributed by atoms with van der Waals surface area (Å²) in [4.78, 5) is 4.53. The number of hydrogen-bond acceptors (Lipinski definition) is 3. The van der Waals surface area contributed by atoms with Gasteiger partial charge in [-0.15, -0.1) is 0 Å². The monoisotopic (exact) mass is 367 g/mol. The summed E-state index contributed by atoms with van der Waals surface area (Å²) in [6, 6.07) is 8.19. The van der Waals surface area contributed by atoms with Crippen LogP contribution in [0.25, 0.3) is 16.8 Å². The molecule has 0 fully saturated rings. The van der Waals surface area contributed by atoms with E-state index >= 15 is 0 Å². The standard InChI is InChI=1S/C24H33NO2/c1-4-6-10-16-26-20(3)11-8-7-9-12-23-17-21-13-14-24(27-15-5-2)18-22(21)19-25-23/h5,9,12-14,17-20H,2,4,6-8,10-11,15-16H2,1,3H3. The zero-order valence-electron chi connectivity index (χ0n) is 16.8. The molecular formula is C24H33NO2. The maximum absolute atomic E-state index is 5.84. The van der Waals surface area contributed by atoms with Crippen LogP contribution in [0.1, 0.15) is 58.1 Å². The van der Waals surface area contributed by atoms with Crippen LogP contribution in [0, 0.1) is 0 Å². The zero-order valence-corrected chi connectivity index (χ0v) is 16.8. The predicted octanol–water partition coefficient (Wildman–Crippen LogP) is 6.58. The second-order valence-corrected chi connectivity index (χ2v) is 6.94. The molecule has 1 atom stereocenters. The van der Waals surface area contributed by atoms with Gasteiger partial charge in [-0.25, -0.2) is 0 Å². The van der Waals surface area contributed by atoms with Crippen molar-refractivity contribution in [3.63, 3.8) is 0 Å². The van der Waals surface area contributed by atoms with Crippen molar-refractivity contribution in [1.29, 1.82) is 0 Å². The maximum atomic E-state index is 5.84. The van der Waals surface area contributed by atoms with E-state index in [4.69, 9.17) is 9.47 Å². The molecule has 0 aliphatic rings. The van der Waals surface area contributed by atoms with Crippen molar-refractivity contribution in [3.8, 4) is 5.75 Å². The molecule has 0 saturated carbocycles. The van der Waals surface area contributed by atoms with Crippen molar-refractivity contribution in [1.82, 2.24) is 4.98 Å². The lowest BCUT2D eigenvalue weighted by Crippen LogP contribution is -2.08. The third-order valence-corrected chi connectivity index (χ3v) is 4.50. The minimum absolute atomic E-state index is 0.353. The summed E-state index contributed by atoms with van der Waals surface area (Å²) < 4.78 is 11.4. The van der Waals surface area contributed by atoms with Crippen molar-refractivity contribution in [3.05, 3.63) is 54.9 Å². The molecule has 0 amide bonds. The van der Waals surface area contributed by atoms with Crippen molar-refractivity contribution in [2.24, 2.45) is 0 Å². The van der Waals surface area contributed by atoms with Gasteiger partial charge in [-0.2, -0.15) is 0 Å². The number of ether oxygens (including phenoxy) is 2. The van der Waals surface area contributed by atoms with Crippen molar-refractivity contribution < 1.29 is 9.47 Å². The van der Waals surface area contributed by atoms with Gasteiger partial charge in [0.25, 0.3) is 0 Å². The van der Waals surface area contributed by atoms with Crippen LogP contribution in [-0.4, -0.2) is 24.3 Å². The summed E-state index contributed by atoms with van der Waals surface area (Å²) >= 11 is 0. The highest BCUT2D eigenvalue weighted by molar-refractivity contribution is 5.84. The van der Waals surface area contributed by atoms with Crippen LogP contribution in [-0.2, 0) is 4.74 Å². The van der Waals surface area contributed by atoms with Gasteiger partial charge in [0.1, 0.15) is 12.4 Å². The highest BCUT2D eigenvalue weighted by Gasteiger charge is 2.01. The van der Waals surface area contributed by atoms with Crippen LogP contribution < -0.4 is 4.74 Å². The zero-order chi connectivity index (χ0) is 19.3. The molecule has 3 nitrogen and oxygen atoms in total. The largest absolute Gasteiger partial charge is 0.490 e. The fourth-order valence-electron chi connectivity index (χ4n) is 2.92. The third-order valence-electron chi connectivity index (χ3n) is 4.50. The van der Waals surface area contributed by atoms with Gasteiger partial charge in [-0.3, -0.25) is 4.98 Å². The highest BCUT2D eigenvalue weighted by atomic mass is 16.5. The van der Waals surface area contributed by atoms with E-state index in [-0.39, 0.29) is 0 Å². The van der Waals surface area contributed by atoms with Gasteiger partial charge in [0.15, 0.2) is 0 Å². The van der Waals surface area contributed by atoms with E-state index in [1.54, 1.807) is 6.08 Å². The molecule has 1 unspecified atom stereocenters. The first-order chi connectivity index (χ1) is 13.2. The van der Waals surface area contributed by atoms with Crippen molar-refractivity contribution in [2.45, 2.75) is 58.5 Å². The normalized spacial score (nSPS) is 12.5. The van der Waals surface area contributed by atoms with E-state index in [0.717, 1.165) is 42.7 Å². The minimum Gasteiger partial charge on any atom is -0.490 e. The third kappa shape index (κ3) is 7.96. The van der Waals surface area contributed by atoms with Gasteiger partial charge >= 0.3 is 0 Å². The Labute approximate surface area is 164 Å². The summed E-state index contributed by atoms with van der Waals surface area (Å²) in [6.45, 7) is 9.47. The summed E-state index contributed by atoms with van der Waals surface area (Å²) in [7, 11) is 0. The number of nitrogens with zero attached hydrogens (tertiary/aromatic N) is 1. The summed E-state index contributed by atoms with van der Waals surface area (Å²) in [6.07, 6.45) is 15.3. The number of aromatic nitrogens is 1. The molecule has 27 heavy (non-hydrogen) atoms. The number of benzene rings is 1. The van der Waals surface area contributed by atoms with Gasteiger partial charge in [0.2, 0.25) is 0 Å². The van der Waals surface area contributed by atoms with Gasteiger partial charge in [-0.05, 0) is 62.3 Å². The van der Waals surface area contributed by atoms with Gasteiger partial charge in [0, 0.05) is 18.2 Å². The van der Waals surface area contributed by atoms with E-state index in [1.807, 2.05) is 18.3 Å². The Balaban J connectivity index is 1.76. The minimum atomic E-state index is 0.353. The Morgan fingerprint density at radius 1 is 1.15 bits per heavy atom. The molecule has 1 aromatic heterocycles. The highest BCUT2D eigenvalue weighted by Crippen LogP contribution is 2.21. The maximum Gasteiger partial charge on any atom is 0.120 e. The van der Waals surface area contributed by atoms with E-state index in [0.29, 0.717) is 12.7 Å². The first kappa shape index (κ1) is 21.2. The van der Waals surface area contributed by atoms with Crippen LogP contribution in [0.4, 0.5) is 0 Å². The van der Waals surface area contributed by atoms with Crippen molar-refractivity contribution >= 4 is 16.8 Å². The molecule has 0 bridgehead atoms. The second-order valence-electron chi connectivity index (χ2n) is 6.94. The number of unbranched alkanes of at least 4 members (excludes halogenated alkanes) is 3. The number of pyridine rings is 1. The Morgan fingerprint density at radius 3 is 2.85 bits per heavy atom. The van der Waals surface area contributed by atoms with Crippen LogP contribution in [0.2, 0.25) is 0 Å². The van der Waals surface area contributed by atoms with Crippen LogP contribution in [0.15, 0.2) is 49.2 Å². The molecule has 1 heterocycles. The van der Waals surface area contributed by atoms with Gasteiger partial charge < -0.3 is 9.47 Å². The molecule has 0 saturated heterocycles. The number of rotatable bonds is 13. The van der Waals surface area contributed by atoms with E-state index in [9.17, 15) is 0 Å². The SMILES string of the molecule is C=CCOc1ccc2cc(C=CCCCC(C)OCCCCC)ncc2c1. The average molecular weight is 368 g/mol. The van der Waals surface area contributed by atoms with Crippen LogP contribution >= 0.6 is 0 Å². The number of hydrogen-bond donors (Lipinski definition) is 0. The Morgan fingerprint density at radius 2 is 2.04 bits per heavy atom. The van der Waals surface area contributed by atoms with E-state index < -0.39 is 0 Å². The molecule has 146 valence electrons. The molecule has 0 spiro atoms. The van der Waals surface area contributed by atoms with Gasteiger partial charge in [0.05, 0.1) is 11.8 Å². The lowest BCUT2D eigenvalue weighted by Gasteiger charge is -2.11. The van der Waals surface area contributed by atoms with E-state index in [2.05, 4.69) is 49.7 Å². The van der Waals surface area contributed by atoms with Crippen molar-refractivity contribution in [2.75, 3.05) is 13.2 Å². The predicted molar refractivity (Wildman–Crippen MR) is 115 cm³/mol. The molecule has 1 aromatic carbocycles. The Bertz CT molecular complexity index is 723. The first-order valence-electron chi connectivity index (χ1n) is 10.1. The summed E-state index contributed by atoms with van der Waals surface area (Å²) in [5.41, 5.74) is 0.992. The fourth-order valence-corrected chi connectivity index (χ4v) is 2.92. The van der Waals surface area contributed by atoms with Crippen LogP contribution in [0.3, 0.4) is 0 Å². The topological polar surface area (TPSA) is 31.4 Å². The molecule has 0 aliphatic heterocycles. The quantitative estimate of drug-likeness (QED) is 0.296. The molecule has 2 aromatic rings. The Kier molecular flexibility index (Phi) is 9.64. The van der Waals surface area contributed by atoms with Gasteiger partial charge in [-0.1, -0.05) is 44.6 Å². The lowest BCUT2D eigenvalue weighted by molar-refractivity contribution is 0.0566. The first-order valence-corrected chi connectivity index (χ1v) is 10.1.